The van der Waals surface area contributed by atoms with E-state index in [0.29, 0.717) is 6.54 Å². The minimum absolute atomic E-state index is 0.222. The van der Waals surface area contributed by atoms with E-state index in [1.807, 2.05) is 11.8 Å². The Morgan fingerprint density at radius 3 is 2.53 bits per heavy atom. The van der Waals surface area contributed by atoms with Crippen molar-refractivity contribution in [3.05, 3.63) is 0 Å². The Labute approximate surface area is 104 Å². The van der Waals surface area contributed by atoms with Crippen LogP contribution in [0.2, 0.25) is 0 Å². The van der Waals surface area contributed by atoms with Crippen LogP contribution in [0.5, 0.6) is 0 Å². The van der Waals surface area contributed by atoms with Crippen LogP contribution < -0.4 is 0 Å². The van der Waals surface area contributed by atoms with Crippen molar-refractivity contribution in [2.75, 3.05) is 13.1 Å². The maximum atomic E-state index is 12.4. The summed E-state index contributed by atoms with van der Waals surface area (Å²) in [4.78, 5) is 14.3. The molecule has 1 saturated heterocycles. The summed E-state index contributed by atoms with van der Waals surface area (Å²) in [5.41, 5.74) is -0.671. The van der Waals surface area contributed by atoms with Gasteiger partial charge in [0.15, 0.2) is 0 Å². The van der Waals surface area contributed by atoms with E-state index >= 15 is 0 Å². The lowest BCUT2D eigenvalue weighted by atomic mass is 9.81. The average molecular weight is 239 g/mol. The maximum absolute atomic E-state index is 12.4. The topological polar surface area (TPSA) is 40.5 Å². The van der Waals surface area contributed by atoms with E-state index in [1.54, 1.807) is 0 Å². The third-order valence-electron chi connectivity index (χ3n) is 4.35. The quantitative estimate of drug-likeness (QED) is 0.762. The first-order valence-corrected chi connectivity index (χ1v) is 6.99. The van der Waals surface area contributed by atoms with Gasteiger partial charge in [0.2, 0.25) is 5.91 Å². The van der Waals surface area contributed by atoms with Crippen molar-refractivity contribution in [3.8, 4) is 0 Å². The van der Waals surface area contributed by atoms with Crippen LogP contribution in [0.15, 0.2) is 0 Å². The van der Waals surface area contributed by atoms with Gasteiger partial charge in [-0.25, -0.2) is 0 Å². The zero-order valence-electron chi connectivity index (χ0n) is 11.1. The molecule has 1 aliphatic carbocycles. The molecule has 17 heavy (non-hydrogen) atoms. The van der Waals surface area contributed by atoms with E-state index in [2.05, 4.69) is 6.92 Å². The fourth-order valence-electron chi connectivity index (χ4n) is 3.17. The summed E-state index contributed by atoms with van der Waals surface area (Å²) in [6.45, 7) is 5.47. The number of β-amino-alcohol motifs (C(OH)–C–C–N with tert-alkyl or cyclic N) is 1. The number of nitrogens with zero attached hydrogens (tertiary/aromatic N) is 1. The van der Waals surface area contributed by atoms with E-state index in [1.165, 1.54) is 12.8 Å². The lowest BCUT2D eigenvalue weighted by molar-refractivity contribution is -0.143. The second-order valence-electron chi connectivity index (χ2n) is 6.32. The van der Waals surface area contributed by atoms with E-state index in [-0.39, 0.29) is 11.8 Å². The van der Waals surface area contributed by atoms with Crippen molar-refractivity contribution in [3.63, 3.8) is 0 Å². The summed E-state index contributed by atoms with van der Waals surface area (Å²) in [5, 5.41) is 10.0. The molecule has 1 saturated carbocycles. The number of aliphatic hydroxyl groups is 1. The Hall–Kier alpha value is -0.570. The normalized spacial score (nSPS) is 39.1. The maximum Gasteiger partial charge on any atom is 0.225 e. The van der Waals surface area contributed by atoms with Gasteiger partial charge in [0.05, 0.1) is 5.60 Å². The van der Waals surface area contributed by atoms with Gasteiger partial charge in [0.25, 0.3) is 0 Å². The fraction of sp³-hybridized carbons (Fsp3) is 0.929. The summed E-state index contributed by atoms with van der Waals surface area (Å²) >= 11 is 0. The molecule has 2 rings (SSSR count). The zero-order valence-corrected chi connectivity index (χ0v) is 11.1. The largest absolute Gasteiger partial charge is 0.388 e. The number of likely N-dealkylation sites (tertiary alicyclic amines) is 1. The van der Waals surface area contributed by atoms with Crippen molar-refractivity contribution in [1.29, 1.82) is 0 Å². The molecular formula is C14H25NO2. The average Bonchev–Trinajstić information content (AvgIpc) is 2.28. The fourth-order valence-corrected chi connectivity index (χ4v) is 3.17. The standard InChI is InChI=1S/C14H25NO2/c1-11-4-6-12(7-5-11)13(16)15-9-3-8-14(2,17)10-15/h11-12,17H,3-10H2,1-2H3. The van der Waals surface area contributed by atoms with E-state index in [4.69, 9.17) is 0 Å². The Morgan fingerprint density at radius 1 is 1.29 bits per heavy atom. The van der Waals surface area contributed by atoms with Crippen LogP contribution in [0.25, 0.3) is 0 Å². The SMILES string of the molecule is CC1CCC(C(=O)N2CCCC(C)(O)C2)CC1. The Bertz CT molecular complexity index is 280. The van der Waals surface area contributed by atoms with Crippen LogP contribution >= 0.6 is 0 Å². The van der Waals surface area contributed by atoms with Crippen LogP contribution in [0, 0.1) is 11.8 Å². The van der Waals surface area contributed by atoms with Gasteiger partial charge in [-0.2, -0.15) is 0 Å². The van der Waals surface area contributed by atoms with Crippen molar-refractivity contribution in [1.82, 2.24) is 4.90 Å². The predicted molar refractivity (Wildman–Crippen MR) is 67.6 cm³/mol. The molecule has 0 spiro atoms. The second kappa shape index (κ2) is 4.97. The molecule has 98 valence electrons. The number of rotatable bonds is 1. The lowest BCUT2D eigenvalue weighted by Gasteiger charge is -2.39. The number of amides is 1. The third-order valence-corrected chi connectivity index (χ3v) is 4.35. The van der Waals surface area contributed by atoms with Gasteiger partial charge in [-0.1, -0.05) is 6.92 Å². The molecule has 0 radical (unpaired) electrons. The predicted octanol–water partition coefficient (Wildman–Crippen LogP) is 2.19. The van der Waals surface area contributed by atoms with E-state index in [0.717, 1.165) is 38.1 Å². The number of carbonyl (C=O) groups is 1. The lowest BCUT2D eigenvalue weighted by Crippen LogP contribution is -2.50. The monoisotopic (exact) mass is 239 g/mol. The van der Waals surface area contributed by atoms with Crippen molar-refractivity contribution >= 4 is 5.91 Å². The highest BCUT2D eigenvalue weighted by atomic mass is 16.3. The molecule has 2 fully saturated rings. The molecule has 1 N–H and O–H groups in total. The van der Waals surface area contributed by atoms with Gasteiger partial charge >= 0.3 is 0 Å². The molecule has 1 aliphatic heterocycles. The number of piperidine rings is 1. The van der Waals surface area contributed by atoms with E-state index < -0.39 is 5.60 Å². The van der Waals surface area contributed by atoms with Gasteiger partial charge < -0.3 is 10.0 Å². The molecule has 1 unspecified atom stereocenters. The summed E-state index contributed by atoms with van der Waals surface area (Å²) < 4.78 is 0. The van der Waals surface area contributed by atoms with Gasteiger partial charge in [0.1, 0.15) is 0 Å². The van der Waals surface area contributed by atoms with Crippen molar-refractivity contribution in [2.24, 2.45) is 11.8 Å². The number of carbonyl (C=O) groups excluding carboxylic acids is 1. The summed E-state index contributed by atoms with van der Waals surface area (Å²) in [6, 6.07) is 0. The van der Waals surface area contributed by atoms with E-state index in [9.17, 15) is 9.90 Å². The Morgan fingerprint density at radius 2 is 1.94 bits per heavy atom. The van der Waals surface area contributed by atoms with Gasteiger partial charge in [-0.05, 0) is 51.4 Å². The van der Waals surface area contributed by atoms with Crippen LogP contribution in [0.1, 0.15) is 52.4 Å². The summed E-state index contributed by atoms with van der Waals surface area (Å²) in [6.07, 6.45) is 6.19. The number of hydrogen-bond acceptors (Lipinski definition) is 2. The molecular weight excluding hydrogens is 214 g/mol. The zero-order chi connectivity index (χ0) is 12.5. The second-order valence-corrected chi connectivity index (χ2v) is 6.32. The first kappa shape index (κ1) is 12.9. The smallest absolute Gasteiger partial charge is 0.225 e. The Balaban J connectivity index is 1.91. The van der Waals surface area contributed by atoms with Gasteiger partial charge in [-0.3, -0.25) is 4.79 Å². The molecule has 1 atom stereocenters. The molecule has 0 bridgehead atoms. The minimum atomic E-state index is -0.671. The Kier molecular flexibility index (Phi) is 3.76. The molecule has 0 aromatic carbocycles. The molecule has 3 nitrogen and oxygen atoms in total. The first-order valence-electron chi connectivity index (χ1n) is 6.99. The van der Waals surface area contributed by atoms with Crippen LogP contribution in [0.4, 0.5) is 0 Å². The third kappa shape index (κ3) is 3.21. The highest BCUT2D eigenvalue weighted by Crippen LogP contribution is 2.31. The highest BCUT2D eigenvalue weighted by Gasteiger charge is 2.34. The minimum Gasteiger partial charge on any atom is -0.388 e. The van der Waals surface area contributed by atoms with Crippen LogP contribution in [-0.2, 0) is 4.79 Å². The molecule has 3 heteroatoms. The molecule has 2 aliphatic rings. The number of hydrogen-bond donors (Lipinski definition) is 1. The van der Waals surface area contributed by atoms with Crippen LogP contribution in [-0.4, -0.2) is 34.6 Å². The van der Waals surface area contributed by atoms with Crippen LogP contribution in [0.3, 0.4) is 0 Å². The molecule has 0 aromatic heterocycles. The molecule has 0 aromatic rings. The summed E-state index contributed by atoms with van der Waals surface area (Å²) in [7, 11) is 0. The summed E-state index contributed by atoms with van der Waals surface area (Å²) in [5.74, 6) is 1.29. The molecule has 1 amide bonds. The van der Waals surface area contributed by atoms with Crippen molar-refractivity contribution < 1.29 is 9.90 Å². The van der Waals surface area contributed by atoms with Crippen molar-refractivity contribution in [2.45, 2.75) is 58.0 Å². The highest BCUT2D eigenvalue weighted by molar-refractivity contribution is 5.79. The van der Waals surface area contributed by atoms with Gasteiger partial charge in [-0.15, -0.1) is 0 Å². The molecule has 1 heterocycles. The first-order chi connectivity index (χ1) is 7.98. The van der Waals surface area contributed by atoms with Gasteiger partial charge in [0, 0.05) is 19.0 Å².